The van der Waals surface area contributed by atoms with Crippen molar-refractivity contribution in [3.8, 4) is 5.75 Å². The zero-order valence-corrected chi connectivity index (χ0v) is 17.6. The third-order valence-electron chi connectivity index (χ3n) is 4.73. The molecule has 1 aliphatic heterocycles. The van der Waals surface area contributed by atoms with E-state index in [0.29, 0.717) is 12.2 Å². The molecular weight excluding hydrogens is 336 g/mol. The van der Waals surface area contributed by atoms with Gasteiger partial charge in [0.1, 0.15) is 5.75 Å². The van der Waals surface area contributed by atoms with Gasteiger partial charge in [-0.25, -0.2) is 4.79 Å². The van der Waals surface area contributed by atoms with Crippen LogP contribution in [0, 0.1) is 0 Å². The minimum absolute atomic E-state index is 0.00948. The Bertz CT molecular complexity index is 809. The molecule has 27 heavy (non-hydrogen) atoms. The molecule has 0 unspecified atom stereocenters. The van der Waals surface area contributed by atoms with E-state index in [1.54, 1.807) is 6.92 Å². The zero-order valence-electron chi connectivity index (χ0n) is 17.6. The summed E-state index contributed by atoms with van der Waals surface area (Å²) in [6, 6.07) is 4.54. The molecule has 0 fully saturated rings. The van der Waals surface area contributed by atoms with Gasteiger partial charge in [0, 0.05) is 23.6 Å². The maximum Gasteiger partial charge on any atom is 0.328 e. The van der Waals surface area contributed by atoms with Crippen LogP contribution in [0.25, 0.3) is 5.57 Å². The van der Waals surface area contributed by atoms with E-state index in [2.05, 4.69) is 59.8 Å². The Hall–Kier alpha value is -2.29. The molecule has 0 spiro atoms. The van der Waals surface area contributed by atoms with Crippen molar-refractivity contribution >= 4 is 11.5 Å². The summed E-state index contributed by atoms with van der Waals surface area (Å²) in [4.78, 5) is 10.8. The van der Waals surface area contributed by atoms with Crippen LogP contribution in [0.5, 0.6) is 5.75 Å². The van der Waals surface area contributed by atoms with E-state index in [-0.39, 0.29) is 10.8 Å². The molecule has 1 aliphatic rings. The van der Waals surface area contributed by atoms with Gasteiger partial charge in [-0.1, -0.05) is 65.8 Å². The Morgan fingerprint density at radius 2 is 1.78 bits per heavy atom. The Morgan fingerprint density at radius 3 is 2.33 bits per heavy atom. The maximum absolute atomic E-state index is 10.8. The molecule has 0 bridgehead atoms. The first-order chi connectivity index (χ1) is 12.4. The highest BCUT2D eigenvalue weighted by Crippen LogP contribution is 2.43. The van der Waals surface area contributed by atoms with Crippen molar-refractivity contribution in [3.63, 3.8) is 0 Å². The predicted molar refractivity (Wildman–Crippen MR) is 112 cm³/mol. The van der Waals surface area contributed by atoms with Crippen LogP contribution in [0.15, 0.2) is 42.0 Å². The number of carboxylic acids is 1. The highest BCUT2D eigenvalue weighted by atomic mass is 16.5. The molecule has 0 aromatic heterocycles. The molecule has 1 N–H and O–H groups in total. The number of rotatable bonds is 3. The number of benzene rings is 1. The fourth-order valence-corrected chi connectivity index (χ4v) is 3.14. The molecule has 1 aromatic carbocycles. The maximum atomic E-state index is 10.8. The lowest BCUT2D eigenvalue weighted by molar-refractivity contribution is -0.131. The molecule has 0 saturated carbocycles. The minimum atomic E-state index is -0.925. The van der Waals surface area contributed by atoms with Gasteiger partial charge in [0.05, 0.1) is 6.61 Å². The average molecular weight is 369 g/mol. The van der Waals surface area contributed by atoms with E-state index in [1.165, 1.54) is 22.8 Å². The standard InChI is InChI=1S/C24H32O3/c1-16(13-21(25)26)9-8-10-17-11-12-27-22-19(17)14-18(23(2,3)4)15-20(22)24(5,6)7/h8-10,13-15H,11-12H2,1-7H3,(H,25,26)/b9-8-,16-13+,17-10+. The third-order valence-corrected chi connectivity index (χ3v) is 4.73. The Balaban J connectivity index is 2.56. The van der Waals surface area contributed by atoms with Crippen LogP contribution in [-0.2, 0) is 15.6 Å². The van der Waals surface area contributed by atoms with Gasteiger partial charge in [0.25, 0.3) is 0 Å². The molecular formula is C24H32O3. The summed E-state index contributed by atoms with van der Waals surface area (Å²) in [5.74, 6) is 0.0602. The van der Waals surface area contributed by atoms with Crippen molar-refractivity contribution in [2.45, 2.75) is 65.7 Å². The van der Waals surface area contributed by atoms with Gasteiger partial charge in [-0.2, -0.15) is 0 Å². The molecule has 1 heterocycles. The molecule has 1 aromatic rings. The number of allylic oxidation sites excluding steroid dienone is 4. The van der Waals surface area contributed by atoms with Crippen LogP contribution in [-0.4, -0.2) is 17.7 Å². The van der Waals surface area contributed by atoms with Gasteiger partial charge >= 0.3 is 5.97 Å². The van der Waals surface area contributed by atoms with E-state index < -0.39 is 5.97 Å². The highest BCUT2D eigenvalue weighted by Gasteiger charge is 2.28. The van der Waals surface area contributed by atoms with Crippen molar-refractivity contribution in [2.75, 3.05) is 6.61 Å². The summed E-state index contributed by atoms with van der Waals surface area (Å²) in [5, 5.41) is 8.83. The van der Waals surface area contributed by atoms with Gasteiger partial charge in [-0.05, 0) is 40.5 Å². The van der Waals surface area contributed by atoms with Crippen LogP contribution in [0.2, 0.25) is 0 Å². The monoisotopic (exact) mass is 368 g/mol. The lowest BCUT2D eigenvalue weighted by Crippen LogP contribution is -2.21. The normalized spacial score (nSPS) is 17.1. The topological polar surface area (TPSA) is 46.5 Å². The molecule has 2 rings (SSSR count). The first-order valence-corrected chi connectivity index (χ1v) is 9.50. The van der Waals surface area contributed by atoms with Gasteiger partial charge in [0.2, 0.25) is 0 Å². The molecule has 3 heteroatoms. The second-order valence-electron chi connectivity index (χ2n) is 9.28. The fraction of sp³-hybridized carbons (Fsp3) is 0.458. The molecule has 0 atom stereocenters. The van der Waals surface area contributed by atoms with Crippen molar-refractivity contribution < 1.29 is 14.6 Å². The second kappa shape index (κ2) is 7.75. The quantitative estimate of drug-likeness (QED) is 0.523. The van der Waals surface area contributed by atoms with E-state index in [1.807, 2.05) is 12.2 Å². The number of hydrogen-bond acceptors (Lipinski definition) is 2. The number of fused-ring (bicyclic) bond motifs is 1. The van der Waals surface area contributed by atoms with Crippen LogP contribution < -0.4 is 4.74 Å². The zero-order chi connectivity index (χ0) is 20.4. The first-order valence-electron chi connectivity index (χ1n) is 9.50. The van der Waals surface area contributed by atoms with Gasteiger partial charge in [-0.15, -0.1) is 0 Å². The van der Waals surface area contributed by atoms with Crippen LogP contribution >= 0.6 is 0 Å². The molecule has 0 aliphatic carbocycles. The molecule has 146 valence electrons. The van der Waals surface area contributed by atoms with Crippen molar-refractivity contribution in [2.24, 2.45) is 0 Å². The number of hydrogen-bond donors (Lipinski definition) is 1. The summed E-state index contributed by atoms with van der Waals surface area (Å²) in [5.41, 5.74) is 5.68. The fourth-order valence-electron chi connectivity index (χ4n) is 3.14. The van der Waals surface area contributed by atoms with Gasteiger partial charge < -0.3 is 9.84 Å². The minimum Gasteiger partial charge on any atom is -0.492 e. The van der Waals surface area contributed by atoms with Crippen molar-refractivity contribution in [1.82, 2.24) is 0 Å². The highest BCUT2D eigenvalue weighted by molar-refractivity contribution is 5.81. The van der Waals surface area contributed by atoms with E-state index in [9.17, 15) is 4.79 Å². The molecule has 0 amide bonds. The molecule has 0 radical (unpaired) electrons. The van der Waals surface area contributed by atoms with Crippen molar-refractivity contribution in [1.29, 1.82) is 0 Å². The Kier molecular flexibility index (Phi) is 6.04. The Morgan fingerprint density at radius 1 is 1.11 bits per heavy atom. The Labute approximate surface area is 163 Å². The van der Waals surface area contributed by atoms with Crippen LogP contribution in [0.3, 0.4) is 0 Å². The summed E-state index contributed by atoms with van der Waals surface area (Å²) in [6.07, 6.45) is 7.90. The van der Waals surface area contributed by atoms with E-state index >= 15 is 0 Å². The summed E-state index contributed by atoms with van der Waals surface area (Å²) in [6.45, 7) is 15.8. The summed E-state index contributed by atoms with van der Waals surface area (Å²) in [7, 11) is 0. The van der Waals surface area contributed by atoms with Crippen LogP contribution in [0.4, 0.5) is 0 Å². The van der Waals surface area contributed by atoms with Crippen molar-refractivity contribution in [3.05, 3.63) is 58.7 Å². The second-order valence-corrected chi connectivity index (χ2v) is 9.28. The lowest BCUT2D eigenvalue weighted by atomic mass is 9.77. The SMILES string of the molecule is CC(/C=C\C=C1/CCOc2c1cc(C(C)(C)C)cc2C(C)(C)C)=C\C(=O)O. The van der Waals surface area contributed by atoms with Crippen LogP contribution in [0.1, 0.15) is 71.6 Å². The van der Waals surface area contributed by atoms with E-state index in [0.717, 1.165) is 17.7 Å². The average Bonchev–Trinajstić information content (AvgIpc) is 2.51. The number of carboxylic acid groups (broad SMARTS) is 1. The third kappa shape index (κ3) is 5.35. The first kappa shape index (κ1) is 21.0. The lowest BCUT2D eigenvalue weighted by Gasteiger charge is -2.32. The summed E-state index contributed by atoms with van der Waals surface area (Å²) >= 11 is 0. The smallest absolute Gasteiger partial charge is 0.328 e. The number of aliphatic carboxylic acids is 1. The van der Waals surface area contributed by atoms with Gasteiger partial charge in [0.15, 0.2) is 0 Å². The number of ether oxygens (including phenoxy) is 1. The number of carbonyl (C=O) groups is 1. The largest absolute Gasteiger partial charge is 0.492 e. The van der Waals surface area contributed by atoms with E-state index in [4.69, 9.17) is 9.84 Å². The summed E-state index contributed by atoms with van der Waals surface area (Å²) < 4.78 is 6.11. The predicted octanol–water partition coefficient (Wildman–Crippen LogP) is 6.03. The van der Waals surface area contributed by atoms with Gasteiger partial charge in [-0.3, -0.25) is 0 Å². The molecule has 3 nitrogen and oxygen atoms in total. The molecule has 0 saturated heterocycles.